The first-order chi connectivity index (χ1) is 19.7. The van der Waals surface area contributed by atoms with Gasteiger partial charge in [-0.1, -0.05) is 24.3 Å². The van der Waals surface area contributed by atoms with Crippen LogP contribution >= 0.6 is 23.1 Å². The van der Waals surface area contributed by atoms with Crippen LogP contribution in [-0.2, 0) is 9.53 Å². The van der Waals surface area contributed by atoms with Crippen molar-refractivity contribution in [1.82, 2.24) is 0 Å². The number of halogens is 1. The predicted octanol–water partition coefficient (Wildman–Crippen LogP) is 6.61. The molecule has 3 N–H and O–H groups in total. The third-order valence-electron chi connectivity index (χ3n) is 5.69. The maximum Gasteiger partial charge on any atom is 0.341 e. The van der Waals surface area contributed by atoms with E-state index in [1.54, 1.807) is 62.4 Å². The van der Waals surface area contributed by atoms with E-state index in [9.17, 15) is 23.6 Å². The van der Waals surface area contributed by atoms with Gasteiger partial charge in [0.25, 0.3) is 11.8 Å². The van der Waals surface area contributed by atoms with Gasteiger partial charge in [-0.05, 0) is 74.0 Å². The van der Waals surface area contributed by atoms with Gasteiger partial charge in [0, 0.05) is 21.8 Å². The number of benzene rings is 3. The fourth-order valence-corrected chi connectivity index (χ4v) is 5.62. The van der Waals surface area contributed by atoms with Crippen LogP contribution in [0.2, 0.25) is 0 Å². The maximum absolute atomic E-state index is 13.1. The molecule has 4 aromatic rings. The molecule has 0 fully saturated rings. The first-order valence-corrected chi connectivity index (χ1v) is 14.3. The van der Waals surface area contributed by atoms with Crippen molar-refractivity contribution in [2.75, 3.05) is 28.3 Å². The van der Waals surface area contributed by atoms with Crippen molar-refractivity contribution in [3.05, 3.63) is 106 Å². The van der Waals surface area contributed by atoms with Gasteiger partial charge in [-0.3, -0.25) is 14.4 Å². The minimum Gasteiger partial charge on any atom is -0.462 e. The molecule has 1 aromatic heterocycles. The van der Waals surface area contributed by atoms with E-state index in [1.165, 1.54) is 36.0 Å². The van der Waals surface area contributed by atoms with Crippen molar-refractivity contribution in [1.29, 1.82) is 0 Å². The Morgan fingerprint density at radius 1 is 0.854 bits per heavy atom. The van der Waals surface area contributed by atoms with Crippen LogP contribution in [0.15, 0.2) is 83.8 Å². The third-order valence-corrected chi connectivity index (χ3v) is 7.89. The Morgan fingerprint density at radius 3 is 2.24 bits per heavy atom. The number of hydrogen-bond donors (Lipinski definition) is 3. The summed E-state index contributed by atoms with van der Waals surface area (Å²) < 4.78 is 18.3. The Hall–Kier alpha value is -4.48. The van der Waals surface area contributed by atoms with E-state index < -0.39 is 29.5 Å². The second-order valence-electron chi connectivity index (χ2n) is 8.63. The zero-order chi connectivity index (χ0) is 29.4. The first-order valence-electron chi connectivity index (χ1n) is 12.5. The molecule has 0 aliphatic heterocycles. The molecule has 3 aromatic carbocycles. The molecule has 0 aliphatic carbocycles. The summed E-state index contributed by atoms with van der Waals surface area (Å²) in [6.07, 6.45) is 0. The molecule has 0 unspecified atom stereocenters. The van der Waals surface area contributed by atoms with E-state index in [2.05, 4.69) is 16.0 Å². The highest BCUT2D eigenvalue weighted by Gasteiger charge is 2.26. The molecule has 11 heteroatoms. The first kappa shape index (κ1) is 29.5. The van der Waals surface area contributed by atoms with Crippen LogP contribution in [0.5, 0.6) is 0 Å². The van der Waals surface area contributed by atoms with E-state index in [0.717, 1.165) is 11.3 Å². The van der Waals surface area contributed by atoms with Gasteiger partial charge in [-0.15, -0.1) is 23.1 Å². The molecule has 0 aliphatic rings. The number of para-hydroxylation sites is 1. The summed E-state index contributed by atoms with van der Waals surface area (Å²) in [4.78, 5) is 52.0. The number of hydrogen-bond acceptors (Lipinski definition) is 7. The number of amides is 3. The fourth-order valence-electron chi connectivity index (χ4n) is 3.76. The van der Waals surface area contributed by atoms with Crippen LogP contribution < -0.4 is 16.0 Å². The third kappa shape index (κ3) is 7.80. The van der Waals surface area contributed by atoms with Crippen molar-refractivity contribution in [3.63, 3.8) is 0 Å². The van der Waals surface area contributed by atoms with Crippen LogP contribution in [0.1, 0.15) is 42.9 Å². The van der Waals surface area contributed by atoms with Gasteiger partial charge < -0.3 is 20.7 Å². The summed E-state index contributed by atoms with van der Waals surface area (Å²) in [5.41, 5.74) is 1.97. The number of thioether (sulfide) groups is 1. The summed E-state index contributed by atoms with van der Waals surface area (Å²) >= 11 is 2.23. The number of carbonyl (C=O) groups is 4. The van der Waals surface area contributed by atoms with Crippen molar-refractivity contribution in [3.8, 4) is 0 Å². The monoisotopic (exact) mass is 591 g/mol. The van der Waals surface area contributed by atoms with E-state index in [-0.39, 0.29) is 27.8 Å². The Labute approximate surface area is 244 Å². The van der Waals surface area contributed by atoms with Crippen molar-refractivity contribution < 1.29 is 28.3 Å². The molecule has 0 atom stereocenters. The zero-order valence-corrected chi connectivity index (χ0v) is 23.8. The predicted molar refractivity (Wildman–Crippen MR) is 160 cm³/mol. The largest absolute Gasteiger partial charge is 0.462 e. The molecule has 210 valence electrons. The number of nitrogens with one attached hydrogen (secondary N) is 3. The highest BCUT2D eigenvalue weighted by atomic mass is 32.2. The molecule has 0 spiro atoms. The van der Waals surface area contributed by atoms with Crippen molar-refractivity contribution in [2.45, 2.75) is 18.7 Å². The van der Waals surface area contributed by atoms with E-state index >= 15 is 0 Å². The van der Waals surface area contributed by atoms with E-state index in [1.807, 2.05) is 6.07 Å². The van der Waals surface area contributed by atoms with Crippen LogP contribution in [0, 0.1) is 12.7 Å². The van der Waals surface area contributed by atoms with Gasteiger partial charge in [-0.2, -0.15) is 0 Å². The molecule has 4 rings (SSSR count). The number of esters is 1. The maximum atomic E-state index is 13.1. The number of anilines is 3. The van der Waals surface area contributed by atoms with Crippen molar-refractivity contribution >= 4 is 63.2 Å². The standard InChI is InChI=1S/C30H26FN3O5S2/c1-3-39-30(38)25-18(2)26(28(37)32-21-8-5-4-6-9-21)41-29(25)34-24(35)17-40-23-11-7-10-22(16-23)33-27(36)19-12-14-20(31)15-13-19/h4-16H,3,17H2,1-2H3,(H,32,37)(H,33,36)(H,34,35). The average Bonchev–Trinajstić information content (AvgIpc) is 3.28. The average molecular weight is 592 g/mol. The topological polar surface area (TPSA) is 114 Å². The molecule has 0 saturated carbocycles. The summed E-state index contributed by atoms with van der Waals surface area (Å²) in [5, 5.41) is 8.53. The Morgan fingerprint density at radius 2 is 1.54 bits per heavy atom. The summed E-state index contributed by atoms with van der Waals surface area (Å²) in [6.45, 7) is 3.45. The second kappa shape index (κ2) is 13.7. The van der Waals surface area contributed by atoms with Gasteiger partial charge in [0.15, 0.2) is 0 Å². The summed E-state index contributed by atoms with van der Waals surface area (Å²) in [5.74, 6) is -2.25. The normalized spacial score (nSPS) is 10.5. The Kier molecular flexibility index (Phi) is 9.88. The fraction of sp³-hybridized carbons (Fsp3) is 0.133. The molecule has 41 heavy (non-hydrogen) atoms. The minimum absolute atomic E-state index is 0.000119. The lowest BCUT2D eigenvalue weighted by molar-refractivity contribution is -0.113. The second-order valence-corrected chi connectivity index (χ2v) is 10.7. The lowest BCUT2D eigenvalue weighted by atomic mass is 10.1. The zero-order valence-electron chi connectivity index (χ0n) is 22.2. The van der Waals surface area contributed by atoms with Crippen molar-refractivity contribution in [2.24, 2.45) is 0 Å². The van der Waals surface area contributed by atoms with Crippen LogP contribution in [0.3, 0.4) is 0 Å². The van der Waals surface area contributed by atoms with E-state index in [4.69, 9.17) is 4.74 Å². The number of carbonyl (C=O) groups excluding carboxylic acids is 4. The number of rotatable bonds is 10. The van der Waals surface area contributed by atoms with Gasteiger partial charge in [0.1, 0.15) is 10.8 Å². The molecule has 0 radical (unpaired) electrons. The molecular formula is C30H26FN3O5S2. The Balaban J connectivity index is 1.43. The molecular weight excluding hydrogens is 565 g/mol. The highest BCUT2D eigenvalue weighted by molar-refractivity contribution is 8.00. The number of thiophene rings is 1. The highest BCUT2D eigenvalue weighted by Crippen LogP contribution is 2.35. The summed E-state index contributed by atoms with van der Waals surface area (Å²) in [6, 6.07) is 21.0. The SMILES string of the molecule is CCOC(=O)c1c(NC(=O)CSc2cccc(NC(=O)c3ccc(F)cc3)c2)sc(C(=O)Nc2ccccc2)c1C. The summed E-state index contributed by atoms with van der Waals surface area (Å²) in [7, 11) is 0. The molecule has 8 nitrogen and oxygen atoms in total. The number of ether oxygens (including phenoxy) is 1. The van der Waals surface area contributed by atoms with Gasteiger partial charge in [-0.25, -0.2) is 9.18 Å². The lowest BCUT2D eigenvalue weighted by Crippen LogP contribution is -2.16. The van der Waals surface area contributed by atoms with E-state index in [0.29, 0.717) is 27.4 Å². The van der Waals surface area contributed by atoms with Crippen LogP contribution in [-0.4, -0.2) is 36.1 Å². The minimum atomic E-state index is -0.632. The quantitative estimate of drug-likeness (QED) is 0.141. The molecule has 3 amide bonds. The van der Waals surface area contributed by atoms with Gasteiger partial charge in [0.05, 0.1) is 22.8 Å². The molecule has 1 heterocycles. The smallest absolute Gasteiger partial charge is 0.341 e. The lowest BCUT2D eigenvalue weighted by Gasteiger charge is -2.09. The van der Waals surface area contributed by atoms with Crippen LogP contribution in [0.25, 0.3) is 0 Å². The molecule has 0 bridgehead atoms. The van der Waals surface area contributed by atoms with Crippen LogP contribution in [0.4, 0.5) is 20.8 Å². The Bertz CT molecular complexity index is 1570. The van der Waals surface area contributed by atoms with Gasteiger partial charge in [0.2, 0.25) is 5.91 Å². The van der Waals surface area contributed by atoms with Gasteiger partial charge >= 0.3 is 5.97 Å². The molecule has 0 saturated heterocycles.